The molecule has 0 saturated heterocycles. The molecule has 2 amide bonds. The number of aliphatic carboxylic acids is 1. The van der Waals surface area contributed by atoms with Gasteiger partial charge in [0.15, 0.2) is 0 Å². The van der Waals surface area contributed by atoms with E-state index in [1.165, 1.54) is 6.92 Å². The van der Waals surface area contributed by atoms with Crippen molar-refractivity contribution < 1.29 is 19.5 Å². The summed E-state index contributed by atoms with van der Waals surface area (Å²) in [6, 6.07) is -2.03. The van der Waals surface area contributed by atoms with Crippen LogP contribution in [0.2, 0.25) is 0 Å². The second-order valence-corrected chi connectivity index (χ2v) is 2.84. The van der Waals surface area contributed by atoms with Gasteiger partial charge in [0.1, 0.15) is 6.04 Å². The van der Waals surface area contributed by atoms with Gasteiger partial charge in [-0.3, -0.25) is 14.4 Å². The third kappa shape index (κ3) is 4.41. The highest BCUT2D eigenvalue weighted by Gasteiger charge is 2.20. The van der Waals surface area contributed by atoms with Crippen molar-refractivity contribution in [3.63, 3.8) is 0 Å². The van der Waals surface area contributed by atoms with Crippen molar-refractivity contribution in [1.29, 1.82) is 0 Å². The van der Waals surface area contributed by atoms with Gasteiger partial charge in [0, 0.05) is 0 Å². The highest BCUT2D eigenvalue weighted by atomic mass is 16.4. The fourth-order valence-electron chi connectivity index (χ4n) is 0.672. The molecule has 7 nitrogen and oxygen atoms in total. The van der Waals surface area contributed by atoms with Crippen LogP contribution in [0.1, 0.15) is 13.3 Å². The Kier molecular flexibility index (Phi) is 4.57. The van der Waals surface area contributed by atoms with Crippen LogP contribution in [-0.4, -0.2) is 35.0 Å². The number of rotatable bonds is 5. The van der Waals surface area contributed by atoms with Gasteiger partial charge in [-0.1, -0.05) is 0 Å². The quantitative estimate of drug-likeness (QED) is 0.401. The lowest BCUT2D eigenvalue weighted by atomic mass is 10.2. The SMILES string of the molecule is C[C@H](NC(=O)[C@@H](N)CC(=O)O)C(N)=O. The van der Waals surface area contributed by atoms with E-state index in [0.29, 0.717) is 0 Å². The summed E-state index contributed by atoms with van der Waals surface area (Å²) in [4.78, 5) is 31.8. The third-order valence-corrected chi connectivity index (χ3v) is 1.52. The topological polar surface area (TPSA) is 136 Å². The standard InChI is InChI=1S/C7H13N3O4/c1-3(6(9)13)10-7(14)4(8)2-5(11)12/h3-4H,2,8H2,1H3,(H2,9,13)(H,10,14)(H,11,12)/t3-,4-/m0/s1. The Morgan fingerprint density at radius 1 is 1.43 bits per heavy atom. The smallest absolute Gasteiger partial charge is 0.305 e. The van der Waals surface area contributed by atoms with Crippen molar-refractivity contribution in [2.45, 2.75) is 25.4 Å². The zero-order valence-corrected chi connectivity index (χ0v) is 7.69. The van der Waals surface area contributed by atoms with Crippen LogP contribution in [0.15, 0.2) is 0 Å². The molecule has 0 bridgehead atoms. The van der Waals surface area contributed by atoms with Crippen LogP contribution < -0.4 is 16.8 Å². The Labute approximate surface area is 80.4 Å². The van der Waals surface area contributed by atoms with Gasteiger partial charge in [0.2, 0.25) is 11.8 Å². The summed E-state index contributed by atoms with van der Waals surface area (Å²) < 4.78 is 0. The summed E-state index contributed by atoms with van der Waals surface area (Å²) >= 11 is 0. The van der Waals surface area contributed by atoms with Crippen LogP contribution in [-0.2, 0) is 14.4 Å². The van der Waals surface area contributed by atoms with Crippen molar-refractivity contribution in [2.24, 2.45) is 11.5 Å². The fourth-order valence-corrected chi connectivity index (χ4v) is 0.672. The minimum absolute atomic E-state index is 0.489. The molecule has 80 valence electrons. The van der Waals surface area contributed by atoms with Gasteiger partial charge < -0.3 is 21.9 Å². The first-order valence-corrected chi connectivity index (χ1v) is 3.91. The maximum atomic E-state index is 11.1. The number of carbonyl (C=O) groups is 3. The predicted molar refractivity (Wildman–Crippen MR) is 47.0 cm³/mol. The number of amides is 2. The molecule has 6 N–H and O–H groups in total. The molecule has 0 aliphatic carbocycles. The first-order chi connectivity index (χ1) is 6.34. The van der Waals surface area contributed by atoms with Gasteiger partial charge in [-0.15, -0.1) is 0 Å². The van der Waals surface area contributed by atoms with E-state index in [-0.39, 0.29) is 0 Å². The molecule has 0 heterocycles. The average molecular weight is 203 g/mol. The van der Waals surface area contributed by atoms with Gasteiger partial charge in [-0.25, -0.2) is 0 Å². The predicted octanol–water partition coefficient (Wildman–Crippen LogP) is -2.22. The molecule has 0 spiro atoms. The van der Waals surface area contributed by atoms with Gasteiger partial charge in [-0.2, -0.15) is 0 Å². The molecular formula is C7H13N3O4. The molecular weight excluding hydrogens is 190 g/mol. The number of hydrogen-bond donors (Lipinski definition) is 4. The molecule has 0 saturated carbocycles. The molecule has 0 aliphatic heterocycles. The molecule has 2 atom stereocenters. The lowest BCUT2D eigenvalue weighted by Crippen LogP contribution is -2.49. The number of nitrogens with one attached hydrogen (secondary N) is 1. The molecule has 0 radical (unpaired) electrons. The molecule has 14 heavy (non-hydrogen) atoms. The van der Waals surface area contributed by atoms with Crippen LogP contribution in [0, 0.1) is 0 Å². The van der Waals surface area contributed by atoms with Crippen molar-refractivity contribution >= 4 is 17.8 Å². The molecule has 0 fully saturated rings. The minimum atomic E-state index is -1.18. The third-order valence-electron chi connectivity index (χ3n) is 1.52. The van der Waals surface area contributed by atoms with Crippen LogP contribution in [0.5, 0.6) is 0 Å². The lowest BCUT2D eigenvalue weighted by molar-refractivity contribution is -0.139. The van der Waals surface area contributed by atoms with Gasteiger partial charge in [0.05, 0.1) is 12.5 Å². The van der Waals surface area contributed by atoms with Crippen LogP contribution >= 0.6 is 0 Å². The lowest BCUT2D eigenvalue weighted by Gasteiger charge is -2.13. The van der Waals surface area contributed by atoms with Crippen molar-refractivity contribution in [3.05, 3.63) is 0 Å². The first kappa shape index (κ1) is 12.4. The Hall–Kier alpha value is -1.63. The van der Waals surface area contributed by atoms with E-state index in [2.05, 4.69) is 5.32 Å². The van der Waals surface area contributed by atoms with E-state index in [1.807, 2.05) is 0 Å². The largest absolute Gasteiger partial charge is 0.481 e. The van der Waals surface area contributed by atoms with E-state index in [1.54, 1.807) is 0 Å². The van der Waals surface area contributed by atoms with Gasteiger partial charge >= 0.3 is 5.97 Å². The second-order valence-electron chi connectivity index (χ2n) is 2.84. The number of carboxylic acids is 1. The number of carboxylic acid groups (broad SMARTS) is 1. The average Bonchev–Trinajstić information content (AvgIpc) is 2.02. The molecule has 7 heteroatoms. The van der Waals surface area contributed by atoms with E-state index in [0.717, 1.165) is 0 Å². The van der Waals surface area contributed by atoms with Gasteiger partial charge in [-0.05, 0) is 6.92 Å². The zero-order chi connectivity index (χ0) is 11.3. The van der Waals surface area contributed by atoms with E-state index in [4.69, 9.17) is 16.6 Å². The summed E-state index contributed by atoms with van der Waals surface area (Å²) in [5, 5.41) is 10.5. The first-order valence-electron chi connectivity index (χ1n) is 3.91. The molecule has 0 rings (SSSR count). The number of nitrogens with two attached hydrogens (primary N) is 2. The van der Waals surface area contributed by atoms with E-state index >= 15 is 0 Å². The summed E-state index contributed by atoms with van der Waals surface area (Å²) in [7, 11) is 0. The molecule has 0 aliphatic rings. The summed E-state index contributed by atoms with van der Waals surface area (Å²) in [5.74, 6) is -2.60. The molecule has 0 unspecified atom stereocenters. The number of carbonyl (C=O) groups excluding carboxylic acids is 2. The highest BCUT2D eigenvalue weighted by Crippen LogP contribution is 1.90. The molecule has 0 aromatic rings. The van der Waals surface area contributed by atoms with E-state index in [9.17, 15) is 14.4 Å². The monoisotopic (exact) mass is 203 g/mol. The van der Waals surface area contributed by atoms with Crippen molar-refractivity contribution in [3.8, 4) is 0 Å². The molecule has 0 aromatic heterocycles. The Balaban J connectivity index is 4.07. The van der Waals surface area contributed by atoms with Gasteiger partial charge in [0.25, 0.3) is 0 Å². The van der Waals surface area contributed by atoms with Crippen LogP contribution in [0.3, 0.4) is 0 Å². The second kappa shape index (κ2) is 5.18. The van der Waals surface area contributed by atoms with Crippen molar-refractivity contribution in [1.82, 2.24) is 5.32 Å². The van der Waals surface area contributed by atoms with Crippen LogP contribution in [0.4, 0.5) is 0 Å². The normalized spacial score (nSPS) is 14.1. The minimum Gasteiger partial charge on any atom is -0.481 e. The molecule has 0 aromatic carbocycles. The Bertz CT molecular complexity index is 253. The Morgan fingerprint density at radius 2 is 1.93 bits per heavy atom. The maximum absolute atomic E-state index is 11.1. The summed E-state index contributed by atoms with van der Waals surface area (Å²) in [5.41, 5.74) is 10.1. The number of primary amides is 1. The zero-order valence-electron chi connectivity index (χ0n) is 7.69. The van der Waals surface area contributed by atoms with E-state index < -0.39 is 36.3 Å². The summed E-state index contributed by atoms with van der Waals surface area (Å²) in [6.45, 7) is 1.38. The van der Waals surface area contributed by atoms with Crippen LogP contribution in [0.25, 0.3) is 0 Å². The Morgan fingerprint density at radius 3 is 2.29 bits per heavy atom. The summed E-state index contributed by atoms with van der Waals surface area (Å²) in [6.07, 6.45) is -0.489. The van der Waals surface area contributed by atoms with Crippen molar-refractivity contribution in [2.75, 3.05) is 0 Å². The number of hydrogen-bond acceptors (Lipinski definition) is 4. The maximum Gasteiger partial charge on any atom is 0.305 e. The fraction of sp³-hybridized carbons (Fsp3) is 0.571. The highest BCUT2D eigenvalue weighted by molar-refractivity contribution is 5.90.